The molecule has 3 aromatic rings. The maximum absolute atomic E-state index is 12.4. The number of hydrogen-bond acceptors (Lipinski definition) is 8. The van der Waals surface area contributed by atoms with E-state index in [1.807, 2.05) is 0 Å². The summed E-state index contributed by atoms with van der Waals surface area (Å²) in [5, 5.41) is 10.2. The van der Waals surface area contributed by atoms with Crippen LogP contribution in [0.2, 0.25) is 5.15 Å². The lowest BCUT2D eigenvalue weighted by Crippen LogP contribution is -2.47. The van der Waals surface area contributed by atoms with Crippen LogP contribution in [0.15, 0.2) is 35.4 Å². The highest BCUT2D eigenvalue weighted by atomic mass is 35.5. The Kier molecular flexibility index (Phi) is 6.69. The van der Waals surface area contributed by atoms with Gasteiger partial charge in [-0.2, -0.15) is 0 Å². The quantitative estimate of drug-likeness (QED) is 0.507. The number of hydrogen-bond donors (Lipinski definition) is 1. The van der Waals surface area contributed by atoms with Gasteiger partial charge >= 0.3 is 6.09 Å². The van der Waals surface area contributed by atoms with Crippen LogP contribution in [-0.2, 0) is 13.1 Å². The molecule has 0 saturated carbocycles. The number of likely N-dealkylation sites (tertiary alicyclic amines) is 1. The molecule has 5 heterocycles. The maximum Gasteiger partial charge on any atom is 0.407 e. The van der Waals surface area contributed by atoms with Gasteiger partial charge in [0, 0.05) is 38.3 Å². The molecule has 12 heteroatoms. The molecular formula is C23H25ClN6O5. The molecule has 0 aromatic carbocycles. The lowest BCUT2D eigenvalue weighted by molar-refractivity contribution is 0.0848. The molecule has 5 rings (SSSR count). The van der Waals surface area contributed by atoms with Gasteiger partial charge < -0.3 is 19.5 Å². The number of carboxylic acid groups (broad SMARTS) is 1. The second-order valence-electron chi connectivity index (χ2n) is 8.53. The fraction of sp³-hybridized carbons (Fsp3) is 0.435. The van der Waals surface area contributed by atoms with Crippen LogP contribution in [0, 0.1) is 0 Å². The Labute approximate surface area is 205 Å². The van der Waals surface area contributed by atoms with E-state index in [4.69, 9.17) is 21.1 Å². The topological polar surface area (TPSA) is 123 Å². The SMILES string of the molecule is O=C(O)N(Cc1cc2c(cn1)OCCO2)C1CCN(CCn2c(=O)cnc3ccc(Cl)nc32)CC1. The van der Waals surface area contributed by atoms with E-state index in [1.165, 1.54) is 11.1 Å². The van der Waals surface area contributed by atoms with Gasteiger partial charge in [-0.1, -0.05) is 11.6 Å². The Hall–Kier alpha value is -3.44. The van der Waals surface area contributed by atoms with Gasteiger partial charge in [0.1, 0.15) is 23.9 Å². The minimum absolute atomic E-state index is 0.122. The minimum atomic E-state index is -0.974. The maximum atomic E-state index is 12.4. The standard InChI is InChI=1S/C23H25ClN6O5/c24-20-2-1-17-22(27-20)29(21(31)13-26-17)8-7-28-5-3-16(4-6-28)30(23(32)33)14-15-11-18-19(12-25-15)35-10-9-34-18/h1-2,11-13,16H,3-10,14H2,(H,32,33). The first-order valence-corrected chi connectivity index (χ1v) is 11.8. The molecule has 1 N–H and O–H groups in total. The third-order valence-electron chi connectivity index (χ3n) is 6.36. The molecule has 0 radical (unpaired) electrons. The monoisotopic (exact) mass is 500 g/mol. The summed E-state index contributed by atoms with van der Waals surface area (Å²) in [6, 6.07) is 5.01. The third kappa shape index (κ3) is 5.15. The largest absolute Gasteiger partial charge is 0.486 e. The molecule has 0 atom stereocenters. The molecule has 0 bridgehead atoms. The van der Waals surface area contributed by atoms with Crippen molar-refractivity contribution in [3.8, 4) is 11.5 Å². The third-order valence-corrected chi connectivity index (χ3v) is 6.57. The van der Waals surface area contributed by atoms with Crippen LogP contribution in [0.3, 0.4) is 0 Å². The second kappa shape index (κ2) is 10.0. The predicted octanol–water partition coefficient (Wildman–Crippen LogP) is 2.26. The number of halogens is 1. The number of piperidine rings is 1. The fourth-order valence-corrected chi connectivity index (χ4v) is 4.67. The smallest absolute Gasteiger partial charge is 0.407 e. The zero-order valence-electron chi connectivity index (χ0n) is 19.0. The highest BCUT2D eigenvalue weighted by Crippen LogP contribution is 2.30. The first kappa shape index (κ1) is 23.3. The number of pyridine rings is 2. The van der Waals surface area contributed by atoms with E-state index in [0.717, 1.165) is 13.1 Å². The number of carbonyl (C=O) groups is 1. The Morgan fingerprint density at radius 2 is 1.89 bits per heavy atom. The number of rotatable bonds is 6. The Balaban J connectivity index is 1.21. The molecular weight excluding hydrogens is 476 g/mol. The van der Waals surface area contributed by atoms with E-state index in [1.54, 1.807) is 29.0 Å². The normalized spacial score (nSPS) is 16.4. The van der Waals surface area contributed by atoms with Gasteiger partial charge in [0.2, 0.25) is 0 Å². The first-order chi connectivity index (χ1) is 17.0. The molecule has 3 aromatic heterocycles. The van der Waals surface area contributed by atoms with Crippen molar-refractivity contribution in [3.05, 3.63) is 51.8 Å². The van der Waals surface area contributed by atoms with E-state index in [-0.39, 0.29) is 18.1 Å². The highest BCUT2D eigenvalue weighted by molar-refractivity contribution is 6.29. The van der Waals surface area contributed by atoms with Gasteiger partial charge in [-0.25, -0.2) is 14.8 Å². The van der Waals surface area contributed by atoms with Crippen LogP contribution in [-0.4, -0.2) is 79.4 Å². The summed E-state index contributed by atoms with van der Waals surface area (Å²) in [6.45, 7) is 3.63. The van der Waals surface area contributed by atoms with Crippen molar-refractivity contribution >= 4 is 28.9 Å². The number of fused-ring (bicyclic) bond motifs is 2. The fourth-order valence-electron chi connectivity index (χ4n) is 4.53. The van der Waals surface area contributed by atoms with E-state index >= 15 is 0 Å². The summed E-state index contributed by atoms with van der Waals surface area (Å²) in [7, 11) is 0. The molecule has 11 nitrogen and oxygen atoms in total. The average Bonchev–Trinajstić information content (AvgIpc) is 2.87. The number of nitrogens with zero attached hydrogens (tertiary/aromatic N) is 6. The van der Waals surface area contributed by atoms with Crippen molar-refractivity contribution in [3.63, 3.8) is 0 Å². The van der Waals surface area contributed by atoms with E-state index < -0.39 is 6.09 Å². The summed E-state index contributed by atoms with van der Waals surface area (Å²) >= 11 is 6.02. The van der Waals surface area contributed by atoms with Crippen LogP contribution in [0.4, 0.5) is 4.79 Å². The number of aromatic nitrogens is 4. The van der Waals surface area contributed by atoms with Crippen LogP contribution >= 0.6 is 11.6 Å². The van der Waals surface area contributed by atoms with Crippen LogP contribution in [0.5, 0.6) is 11.5 Å². The average molecular weight is 501 g/mol. The lowest BCUT2D eigenvalue weighted by Gasteiger charge is -2.37. The molecule has 2 aliphatic rings. The minimum Gasteiger partial charge on any atom is -0.486 e. The van der Waals surface area contributed by atoms with E-state index in [2.05, 4.69) is 19.9 Å². The molecule has 0 spiro atoms. The zero-order chi connectivity index (χ0) is 24.4. The predicted molar refractivity (Wildman–Crippen MR) is 127 cm³/mol. The summed E-state index contributed by atoms with van der Waals surface area (Å²) in [4.78, 5) is 40.9. The molecule has 1 amide bonds. The Morgan fingerprint density at radius 1 is 1.11 bits per heavy atom. The van der Waals surface area contributed by atoms with Gasteiger partial charge in [0.25, 0.3) is 5.56 Å². The van der Waals surface area contributed by atoms with Crippen molar-refractivity contribution in [2.24, 2.45) is 0 Å². The van der Waals surface area contributed by atoms with Gasteiger partial charge in [-0.3, -0.25) is 19.2 Å². The van der Waals surface area contributed by atoms with Gasteiger partial charge in [0.15, 0.2) is 17.1 Å². The summed E-state index contributed by atoms with van der Waals surface area (Å²) in [6.07, 6.45) is 3.28. The molecule has 35 heavy (non-hydrogen) atoms. The van der Waals surface area contributed by atoms with Crippen molar-refractivity contribution in [1.29, 1.82) is 0 Å². The molecule has 1 fully saturated rings. The van der Waals surface area contributed by atoms with Crippen molar-refractivity contribution in [2.75, 3.05) is 32.8 Å². The summed E-state index contributed by atoms with van der Waals surface area (Å²) < 4.78 is 12.7. The van der Waals surface area contributed by atoms with Crippen LogP contribution < -0.4 is 15.0 Å². The Morgan fingerprint density at radius 3 is 2.66 bits per heavy atom. The molecule has 0 unspecified atom stereocenters. The zero-order valence-corrected chi connectivity index (χ0v) is 19.7. The van der Waals surface area contributed by atoms with Gasteiger partial charge in [0.05, 0.1) is 24.6 Å². The van der Waals surface area contributed by atoms with Gasteiger partial charge in [-0.05, 0) is 25.0 Å². The molecule has 2 aliphatic heterocycles. The molecule has 184 valence electrons. The molecule has 1 saturated heterocycles. The van der Waals surface area contributed by atoms with Crippen LogP contribution in [0.1, 0.15) is 18.5 Å². The summed E-state index contributed by atoms with van der Waals surface area (Å²) in [5.41, 5.74) is 1.46. The van der Waals surface area contributed by atoms with Gasteiger partial charge in [-0.15, -0.1) is 0 Å². The Bertz CT molecular complexity index is 1290. The first-order valence-electron chi connectivity index (χ1n) is 11.5. The summed E-state index contributed by atoms with van der Waals surface area (Å²) in [5.74, 6) is 1.17. The number of amides is 1. The van der Waals surface area contributed by atoms with Crippen molar-refractivity contribution in [2.45, 2.75) is 32.0 Å². The van der Waals surface area contributed by atoms with E-state index in [9.17, 15) is 14.7 Å². The number of ether oxygens (including phenoxy) is 2. The van der Waals surface area contributed by atoms with Crippen molar-refractivity contribution < 1.29 is 19.4 Å². The highest BCUT2D eigenvalue weighted by Gasteiger charge is 2.28. The van der Waals surface area contributed by atoms with E-state index in [0.29, 0.717) is 72.7 Å². The second-order valence-corrected chi connectivity index (χ2v) is 8.91. The molecule has 0 aliphatic carbocycles. The van der Waals surface area contributed by atoms with Crippen LogP contribution in [0.25, 0.3) is 11.2 Å². The lowest BCUT2D eigenvalue weighted by atomic mass is 10.0. The van der Waals surface area contributed by atoms with Crippen molar-refractivity contribution in [1.82, 2.24) is 29.3 Å².